The summed E-state index contributed by atoms with van der Waals surface area (Å²) < 4.78 is 32.4. The number of phosphoric ester groups is 1. The molecule has 0 N–H and O–H groups in total. The molecule has 0 aromatic rings. The monoisotopic (exact) mass is 440 g/mol. The van der Waals surface area contributed by atoms with Crippen molar-refractivity contribution in [2.24, 2.45) is 0 Å². The van der Waals surface area contributed by atoms with Gasteiger partial charge in [0.1, 0.15) is 0 Å². The van der Waals surface area contributed by atoms with Crippen LogP contribution in [0, 0.1) is 0 Å². The fourth-order valence-corrected chi connectivity index (χ4v) is 13.5. The number of phosphoric acid groups is 1. The Hall–Kier alpha value is 0.540. The average molecular weight is 441 g/mol. The topological polar surface area (TPSA) is 44.8 Å². The van der Waals surface area contributed by atoms with Crippen LogP contribution in [0.5, 0.6) is 0 Å². The van der Waals surface area contributed by atoms with Gasteiger partial charge in [0.2, 0.25) is 0 Å². The molecule has 0 amide bonds. The van der Waals surface area contributed by atoms with Crippen LogP contribution in [0.15, 0.2) is 0 Å². The molecule has 0 fully saturated rings. The van der Waals surface area contributed by atoms with Gasteiger partial charge in [-0.2, -0.15) is 0 Å². The Morgan fingerprint density at radius 2 is 0.964 bits per heavy atom. The van der Waals surface area contributed by atoms with Crippen LogP contribution in [-0.2, 0) is 17.9 Å². The summed E-state index contributed by atoms with van der Waals surface area (Å²) in [6.45, 7) is 11.4. The fraction of sp³-hybridized carbons (Fsp3) is 1.00. The molecule has 0 bridgehead atoms. The molecular formula is C22H50O4P2. The quantitative estimate of drug-likeness (QED) is 0.140. The summed E-state index contributed by atoms with van der Waals surface area (Å²) in [5, 5.41) is 0. The summed E-state index contributed by atoms with van der Waals surface area (Å²) in [4.78, 5) is 0. The second-order valence-electron chi connectivity index (χ2n) is 8.31. The van der Waals surface area contributed by atoms with E-state index in [4.69, 9.17) is 13.4 Å². The van der Waals surface area contributed by atoms with E-state index < -0.39 is 14.7 Å². The Bertz CT molecular complexity index is 390. The van der Waals surface area contributed by atoms with Gasteiger partial charge < -0.3 is 0 Å². The molecule has 0 aliphatic rings. The molecule has 0 atom stereocenters. The summed E-state index contributed by atoms with van der Waals surface area (Å²) >= 11 is 0. The summed E-state index contributed by atoms with van der Waals surface area (Å²) in [5.74, 6) is 0. The second-order valence-corrected chi connectivity index (χ2v) is 16.1. The van der Waals surface area contributed by atoms with Crippen LogP contribution in [0.25, 0.3) is 0 Å². The van der Waals surface area contributed by atoms with Crippen LogP contribution in [0.2, 0.25) is 0 Å². The van der Waals surface area contributed by atoms with Gasteiger partial charge in [0.05, 0.1) is 0 Å². The Balaban J connectivity index is 5.86. The minimum absolute atomic E-state index is 0.450. The van der Waals surface area contributed by atoms with Crippen LogP contribution < -0.4 is 0 Å². The van der Waals surface area contributed by atoms with E-state index in [1.165, 1.54) is 0 Å². The zero-order valence-corrected chi connectivity index (χ0v) is 21.6. The van der Waals surface area contributed by atoms with Crippen LogP contribution in [0.1, 0.15) is 106 Å². The minimum atomic E-state index is -3.54. The van der Waals surface area contributed by atoms with Crippen LogP contribution >= 0.6 is 14.7 Å². The third kappa shape index (κ3) is 10.0. The van der Waals surface area contributed by atoms with E-state index in [-0.39, 0.29) is 0 Å². The molecule has 0 saturated carbocycles. The van der Waals surface area contributed by atoms with Gasteiger partial charge >= 0.3 is 176 Å². The normalized spacial score (nSPS) is 14.1. The van der Waals surface area contributed by atoms with E-state index >= 15 is 0 Å². The van der Waals surface area contributed by atoms with Gasteiger partial charge in [-0.15, -0.1) is 0 Å². The first-order chi connectivity index (χ1) is 13.4. The molecule has 172 valence electrons. The van der Waals surface area contributed by atoms with Gasteiger partial charge in [0.25, 0.3) is 0 Å². The summed E-state index contributed by atoms with van der Waals surface area (Å²) in [7, 11) is -3.54. The zero-order valence-electron chi connectivity index (χ0n) is 19.8. The molecule has 0 aromatic carbocycles. The van der Waals surface area contributed by atoms with Crippen molar-refractivity contribution in [2.75, 3.05) is 37.9 Å². The average Bonchev–Trinajstić information content (AvgIpc) is 2.70. The van der Waals surface area contributed by atoms with Gasteiger partial charge in [0.15, 0.2) is 0 Å². The Morgan fingerprint density at radius 3 is 1.25 bits per heavy atom. The van der Waals surface area contributed by atoms with Gasteiger partial charge in [-0.3, -0.25) is 0 Å². The van der Waals surface area contributed by atoms with E-state index in [1.54, 1.807) is 0 Å². The molecule has 0 aliphatic carbocycles. The molecule has 0 radical (unpaired) electrons. The first-order valence-corrected chi connectivity index (χ1v) is 16.4. The van der Waals surface area contributed by atoms with Gasteiger partial charge in [-0.25, -0.2) is 0 Å². The number of hydrogen-bond donors (Lipinski definition) is 0. The van der Waals surface area contributed by atoms with Crippen molar-refractivity contribution in [2.45, 2.75) is 106 Å². The molecule has 0 spiro atoms. The van der Waals surface area contributed by atoms with Crippen LogP contribution in [0.3, 0.4) is 0 Å². The molecule has 0 unspecified atom stereocenters. The standard InChI is InChI=1S/C22H50O4P2/c1-7-13-18-24-27(23,25-19-14-8-2)26-28(12-6,20-15-9-3,21-16-10-4)22-17-11-5/h7-22H2,1-6H3. The van der Waals surface area contributed by atoms with E-state index in [0.717, 1.165) is 88.9 Å². The number of rotatable bonds is 20. The Morgan fingerprint density at radius 1 is 0.607 bits per heavy atom. The van der Waals surface area contributed by atoms with Crippen molar-refractivity contribution in [3.8, 4) is 0 Å². The van der Waals surface area contributed by atoms with Crippen molar-refractivity contribution >= 4 is 14.7 Å². The molecule has 28 heavy (non-hydrogen) atoms. The second kappa shape index (κ2) is 15.4. The number of hydrogen-bond acceptors (Lipinski definition) is 4. The van der Waals surface area contributed by atoms with Crippen molar-refractivity contribution in [3.63, 3.8) is 0 Å². The Kier molecular flexibility index (Phi) is 15.7. The summed E-state index contributed by atoms with van der Waals surface area (Å²) in [6.07, 6.45) is 14.7. The van der Waals surface area contributed by atoms with E-state index in [0.29, 0.717) is 13.2 Å². The van der Waals surface area contributed by atoms with Gasteiger partial charge in [-0.05, 0) is 0 Å². The zero-order chi connectivity index (χ0) is 21.4. The summed E-state index contributed by atoms with van der Waals surface area (Å²) in [6, 6.07) is 0. The maximum absolute atomic E-state index is 13.8. The maximum atomic E-state index is 13.8. The number of unbranched alkanes of at least 4 members (excludes halogenated alkanes) is 5. The molecule has 0 aromatic heterocycles. The Labute approximate surface area is 176 Å². The van der Waals surface area contributed by atoms with Crippen molar-refractivity contribution in [1.82, 2.24) is 0 Å². The predicted molar refractivity (Wildman–Crippen MR) is 127 cm³/mol. The van der Waals surface area contributed by atoms with Crippen LogP contribution in [0.4, 0.5) is 0 Å². The molecule has 0 rings (SSSR count). The van der Waals surface area contributed by atoms with E-state index in [2.05, 4.69) is 41.5 Å². The molecule has 0 aliphatic heterocycles. The molecule has 4 nitrogen and oxygen atoms in total. The molecule has 0 heterocycles. The van der Waals surface area contributed by atoms with Crippen molar-refractivity contribution < 1.29 is 17.9 Å². The first kappa shape index (κ1) is 28.5. The molecular weight excluding hydrogens is 390 g/mol. The first-order valence-electron chi connectivity index (χ1n) is 12.0. The van der Waals surface area contributed by atoms with Crippen LogP contribution in [-0.4, -0.2) is 37.9 Å². The third-order valence-corrected chi connectivity index (χ3v) is 15.4. The fourth-order valence-electron chi connectivity index (χ4n) is 3.67. The SMILES string of the molecule is CCCCOP(=O)(OCCCC)OP(CC)(CCCC)(CCCC)CCCC. The van der Waals surface area contributed by atoms with Crippen molar-refractivity contribution in [3.05, 3.63) is 0 Å². The van der Waals surface area contributed by atoms with E-state index in [9.17, 15) is 4.57 Å². The van der Waals surface area contributed by atoms with Gasteiger partial charge in [-0.1, -0.05) is 0 Å². The van der Waals surface area contributed by atoms with E-state index in [1.807, 2.05) is 0 Å². The summed E-state index contributed by atoms with van der Waals surface area (Å²) in [5.41, 5.74) is 0. The molecule has 0 saturated heterocycles. The predicted octanol–water partition coefficient (Wildman–Crippen LogP) is 8.63. The van der Waals surface area contributed by atoms with Crippen molar-refractivity contribution in [1.29, 1.82) is 0 Å². The molecule has 6 heteroatoms. The third-order valence-electron chi connectivity index (χ3n) is 5.86. The van der Waals surface area contributed by atoms with Gasteiger partial charge in [0, 0.05) is 0 Å².